The van der Waals surface area contributed by atoms with Gasteiger partial charge in [0.25, 0.3) is 0 Å². The monoisotopic (exact) mass is 422 g/mol. The Morgan fingerprint density at radius 2 is 1.40 bits per heavy atom. The summed E-state index contributed by atoms with van der Waals surface area (Å²) < 4.78 is 0. The third-order valence-electron chi connectivity index (χ3n) is 7.41. The summed E-state index contributed by atoms with van der Waals surface area (Å²) in [7, 11) is 0. The molecule has 0 saturated heterocycles. The van der Waals surface area contributed by atoms with Crippen molar-refractivity contribution in [1.29, 1.82) is 0 Å². The number of hydrogen-bond acceptors (Lipinski definition) is 5. The number of nitrogens with two attached hydrogens (primary N) is 1. The molecule has 0 aromatic carbocycles. The van der Waals surface area contributed by atoms with Gasteiger partial charge >= 0.3 is 11.9 Å². The summed E-state index contributed by atoms with van der Waals surface area (Å²) in [5, 5.41) is 20.8. The minimum absolute atomic E-state index is 0.00864. The third-order valence-corrected chi connectivity index (χ3v) is 7.41. The average Bonchev–Trinajstić information content (AvgIpc) is 2.66. The molecule has 5 N–H and O–H groups in total. The zero-order valence-electron chi connectivity index (χ0n) is 17.5. The Labute approximate surface area is 177 Å². The molecule has 2 atom stereocenters. The lowest BCUT2D eigenvalue weighted by Crippen LogP contribution is -2.52. The van der Waals surface area contributed by atoms with Crippen LogP contribution in [-0.2, 0) is 19.2 Å². The Morgan fingerprint density at radius 1 is 0.900 bits per heavy atom. The van der Waals surface area contributed by atoms with Crippen molar-refractivity contribution in [3.8, 4) is 0 Å². The molecule has 8 heteroatoms. The second-order valence-electron chi connectivity index (χ2n) is 9.97. The lowest BCUT2D eigenvalue weighted by molar-refractivity contribution is -0.139. The van der Waals surface area contributed by atoms with Gasteiger partial charge in [0.2, 0.25) is 5.91 Å². The van der Waals surface area contributed by atoms with Crippen LogP contribution in [0.4, 0.5) is 0 Å². The van der Waals surface area contributed by atoms with Gasteiger partial charge in [-0.3, -0.25) is 19.2 Å². The van der Waals surface area contributed by atoms with Gasteiger partial charge in [-0.25, -0.2) is 0 Å². The van der Waals surface area contributed by atoms with Gasteiger partial charge in [-0.15, -0.1) is 0 Å². The maximum atomic E-state index is 12.9. The second-order valence-corrected chi connectivity index (χ2v) is 9.97. The van der Waals surface area contributed by atoms with E-state index in [1.807, 2.05) is 0 Å². The van der Waals surface area contributed by atoms with Gasteiger partial charge in [0.05, 0.1) is 6.04 Å². The van der Waals surface area contributed by atoms with E-state index in [1.54, 1.807) is 0 Å². The summed E-state index contributed by atoms with van der Waals surface area (Å²) in [4.78, 5) is 47.0. The maximum absolute atomic E-state index is 12.9. The van der Waals surface area contributed by atoms with Crippen LogP contribution in [0, 0.1) is 29.1 Å². The van der Waals surface area contributed by atoms with E-state index in [9.17, 15) is 19.2 Å². The van der Waals surface area contributed by atoms with Crippen LogP contribution in [-0.4, -0.2) is 46.4 Å². The first-order valence-corrected chi connectivity index (χ1v) is 11.2. The molecule has 4 fully saturated rings. The molecule has 4 rings (SSSR count). The lowest BCUT2D eigenvalue weighted by Gasteiger charge is -2.57. The molecule has 4 aliphatic rings. The topological polar surface area (TPSA) is 147 Å². The maximum Gasteiger partial charge on any atom is 0.303 e. The smallest absolute Gasteiger partial charge is 0.303 e. The van der Waals surface area contributed by atoms with Crippen LogP contribution >= 0.6 is 0 Å². The lowest BCUT2D eigenvalue weighted by atomic mass is 9.49. The van der Waals surface area contributed by atoms with Crippen molar-refractivity contribution in [1.82, 2.24) is 5.32 Å². The minimum atomic E-state index is -1.03. The Bertz CT molecular complexity index is 656. The van der Waals surface area contributed by atoms with E-state index in [0.29, 0.717) is 6.54 Å². The van der Waals surface area contributed by atoms with Crippen LogP contribution in [0.15, 0.2) is 0 Å². The first-order chi connectivity index (χ1) is 14.2. The van der Waals surface area contributed by atoms with Crippen molar-refractivity contribution in [2.45, 2.75) is 76.7 Å². The largest absolute Gasteiger partial charge is 0.481 e. The number of rotatable bonds is 12. The molecular weight excluding hydrogens is 388 g/mol. The highest BCUT2D eigenvalue weighted by Crippen LogP contribution is 2.59. The first kappa shape index (κ1) is 22.7. The molecule has 4 aliphatic carbocycles. The molecule has 0 aromatic heterocycles. The highest BCUT2D eigenvalue weighted by atomic mass is 16.4. The van der Waals surface area contributed by atoms with Crippen LogP contribution in [0.5, 0.6) is 0 Å². The molecule has 8 nitrogen and oxygen atoms in total. The summed E-state index contributed by atoms with van der Waals surface area (Å²) in [6.07, 6.45) is 6.91. The Hall–Kier alpha value is -1.96. The van der Waals surface area contributed by atoms with Crippen molar-refractivity contribution in [2.75, 3.05) is 6.54 Å². The summed E-state index contributed by atoms with van der Waals surface area (Å²) in [5.41, 5.74) is 5.94. The predicted molar refractivity (Wildman–Crippen MR) is 108 cm³/mol. The number of carbonyl (C=O) groups is 4. The highest BCUT2D eigenvalue weighted by Gasteiger charge is 2.50. The van der Waals surface area contributed by atoms with Crippen LogP contribution in [0.1, 0.15) is 70.6 Å². The number of carboxylic acids is 2. The van der Waals surface area contributed by atoms with Crippen LogP contribution in [0.3, 0.4) is 0 Å². The summed E-state index contributed by atoms with van der Waals surface area (Å²) in [6.45, 7) is 0.595. The molecule has 30 heavy (non-hydrogen) atoms. The molecule has 0 spiro atoms. The van der Waals surface area contributed by atoms with E-state index in [2.05, 4.69) is 5.32 Å². The van der Waals surface area contributed by atoms with Gasteiger partial charge in [0, 0.05) is 31.7 Å². The van der Waals surface area contributed by atoms with Crippen molar-refractivity contribution < 1.29 is 29.4 Å². The summed E-state index contributed by atoms with van der Waals surface area (Å²) in [6, 6.07) is -0.954. The number of nitrogens with one attached hydrogen (secondary N) is 1. The number of ketones is 1. The normalized spacial score (nSPS) is 31.2. The van der Waals surface area contributed by atoms with Gasteiger partial charge in [-0.1, -0.05) is 0 Å². The molecule has 0 aromatic rings. The van der Waals surface area contributed by atoms with Gasteiger partial charge in [0.15, 0.2) is 0 Å². The van der Waals surface area contributed by atoms with Gasteiger partial charge in [-0.05, 0) is 74.5 Å². The Balaban J connectivity index is 1.56. The van der Waals surface area contributed by atoms with E-state index in [-0.39, 0.29) is 43.4 Å². The molecule has 4 bridgehead atoms. The van der Waals surface area contributed by atoms with Crippen molar-refractivity contribution in [3.05, 3.63) is 0 Å². The molecule has 4 saturated carbocycles. The molecule has 0 unspecified atom stereocenters. The van der Waals surface area contributed by atoms with Crippen molar-refractivity contribution in [2.24, 2.45) is 34.8 Å². The zero-order chi connectivity index (χ0) is 21.9. The zero-order valence-corrected chi connectivity index (χ0v) is 17.5. The molecule has 0 heterocycles. The fraction of sp³-hybridized carbons (Fsp3) is 0.818. The molecule has 1 amide bonds. The Morgan fingerprint density at radius 3 is 1.90 bits per heavy atom. The summed E-state index contributed by atoms with van der Waals surface area (Å²) in [5.74, 6) is -1.18. The Kier molecular flexibility index (Phi) is 7.16. The second kappa shape index (κ2) is 9.45. The average molecular weight is 423 g/mol. The third kappa shape index (κ3) is 5.80. The van der Waals surface area contributed by atoms with E-state index < -0.39 is 29.7 Å². The van der Waals surface area contributed by atoms with E-state index in [0.717, 1.165) is 37.0 Å². The van der Waals surface area contributed by atoms with Gasteiger partial charge in [-0.2, -0.15) is 0 Å². The fourth-order valence-corrected chi connectivity index (χ4v) is 6.38. The summed E-state index contributed by atoms with van der Waals surface area (Å²) >= 11 is 0. The van der Waals surface area contributed by atoms with Crippen LogP contribution in [0.2, 0.25) is 0 Å². The molecule has 0 aliphatic heterocycles. The van der Waals surface area contributed by atoms with Gasteiger partial charge in [0.1, 0.15) is 5.78 Å². The number of Topliss-reactive ketones (excluding diaryl/α,β-unsaturated/α-hetero) is 1. The number of carboxylic acid groups (broad SMARTS) is 2. The van der Waals surface area contributed by atoms with E-state index in [1.165, 1.54) is 19.3 Å². The van der Waals surface area contributed by atoms with E-state index in [4.69, 9.17) is 15.9 Å². The number of aliphatic carboxylic acids is 2. The van der Waals surface area contributed by atoms with Gasteiger partial charge < -0.3 is 21.3 Å². The van der Waals surface area contributed by atoms with E-state index >= 15 is 0 Å². The molecule has 168 valence electrons. The first-order valence-electron chi connectivity index (χ1n) is 11.2. The predicted octanol–water partition coefficient (Wildman–Crippen LogP) is 1.95. The minimum Gasteiger partial charge on any atom is -0.481 e. The SMILES string of the molecule is N[C@@H](CCC(=O)O)C(=O)C[C@H](CCC(=O)O)C(=O)NCC12CC3CC(CC(C3)C1)C2. The fourth-order valence-electron chi connectivity index (χ4n) is 6.38. The van der Waals surface area contributed by atoms with Crippen LogP contribution in [0.25, 0.3) is 0 Å². The molecular formula is C22H34N2O6. The quantitative estimate of drug-likeness (QED) is 0.376. The number of amides is 1. The van der Waals surface area contributed by atoms with Crippen molar-refractivity contribution >= 4 is 23.6 Å². The highest BCUT2D eigenvalue weighted by molar-refractivity contribution is 5.90. The molecule has 0 radical (unpaired) electrons. The standard InChI is InChI=1S/C22H34N2O6/c23-17(2-4-20(28)29)18(25)8-16(1-3-19(26)27)21(30)24-12-22-9-13-5-14(10-22)7-15(6-13)11-22/h13-17H,1-12,23H2,(H,24,30)(H,26,27)(H,28,29)/t13?,14?,15?,16-,17-,22?/m0/s1. The number of carbonyl (C=O) groups excluding carboxylic acids is 2. The van der Waals surface area contributed by atoms with Crippen molar-refractivity contribution in [3.63, 3.8) is 0 Å². The number of hydrogen-bond donors (Lipinski definition) is 4. The van der Waals surface area contributed by atoms with Crippen LogP contribution < -0.4 is 11.1 Å².